The molecule has 2 aromatic carbocycles. The summed E-state index contributed by atoms with van der Waals surface area (Å²) in [5.74, 6) is 0.153. The van der Waals surface area contributed by atoms with Crippen LogP contribution in [0.1, 0.15) is 5.56 Å². The Balaban J connectivity index is 0.00000312. The van der Waals surface area contributed by atoms with Crippen LogP contribution in [-0.2, 0) is 17.4 Å². The quantitative estimate of drug-likeness (QED) is 0.340. The number of hydrogen-bond acceptors (Lipinski definition) is 5. The summed E-state index contributed by atoms with van der Waals surface area (Å²) < 4.78 is 5.07. The van der Waals surface area contributed by atoms with Gasteiger partial charge in [0, 0.05) is 11.4 Å². The van der Waals surface area contributed by atoms with Gasteiger partial charge in [0.05, 0.1) is 7.11 Å². The second-order valence-corrected chi connectivity index (χ2v) is 5.40. The zero-order valence-corrected chi connectivity index (χ0v) is 18.2. The van der Waals surface area contributed by atoms with Gasteiger partial charge in [-0.15, -0.1) is 0 Å². The minimum atomic E-state index is -0.549. The van der Waals surface area contributed by atoms with E-state index in [1.807, 2.05) is 25.1 Å². The van der Waals surface area contributed by atoms with Crippen LogP contribution in [0.3, 0.4) is 0 Å². The zero-order valence-electron chi connectivity index (χ0n) is 14.3. The largest absolute Gasteiger partial charge is 1.00 e. The van der Waals surface area contributed by atoms with Crippen molar-refractivity contribution in [2.45, 2.75) is 6.92 Å². The van der Waals surface area contributed by atoms with Crippen molar-refractivity contribution in [2.75, 3.05) is 17.7 Å². The molecule has 0 aliphatic heterocycles. The maximum absolute atomic E-state index is 12.2. The molecule has 2 aromatic rings. The molecule has 0 bridgehead atoms. The second-order valence-electron chi connectivity index (χ2n) is 4.99. The van der Waals surface area contributed by atoms with Gasteiger partial charge in [0.2, 0.25) is 0 Å². The van der Waals surface area contributed by atoms with Crippen LogP contribution in [0.15, 0.2) is 59.1 Å². The summed E-state index contributed by atoms with van der Waals surface area (Å²) in [6, 6.07) is 16.1. The molecule has 0 spiro atoms. The number of rotatable bonds is 5. The fourth-order valence-electron chi connectivity index (χ4n) is 1.90. The number of benzene rings is 2. The van der Waals surface area contributed by atoms with Crippen molar-refractivity contribution in [1.29, 1.82) is 5.26 Å². The molecule has 2 rings (SSSR count). The van der Waals surface area contributed by atoms with E-state index in [0.29, 0.717) is 17.1 Å². The van der Waals surface area contributed by atoms with Crippen LogP contribution in [0.25, 0.3) is 0 Å². The summed E-state index contributed by atoms with van der Waals surface area (Å²) in [5, 5.41) is 14.9. The van der Waals surface area contributed by atoms with Crippen molar-refractivity contribution in [1.82, 2.24) is 0 Å². The van der Waals surface area contributed by atoms with Gasteiger partial charge in [-0.25, -0.2) is 0 Å². The number of ether oxygens (including phenoxy) is 1. The summed E-state index contributed by atoms with van der Waals surface area (Å²) in [7, 11) is 1.57. The van der Waals surface area contributed by atoms with Crippen molar-refractivity contribution < 1.29 is 60.9 Å². The Morgan fingerprint density at radius 1 is 1.04 bits per heavy atom. The first-order valence-corrected chi connectivity index (χ1v) is 7.55. The van der Waals surface area contributed by atoms with E-state index in [1.165, 1.54) is 0 Å². The smallest absolute Gasteiger partial charge is 0.761 e. The van der Waals surface area contributed by atoms with E-state index >= 15 is 0 Å². The van der Waals surface area contributed by atoms with Crippen LogP contribution in [0.5, 0.6) is 5.75 Å². The van der Waals surface area contributed by atoms with E-state index in [2.05, 4.69) is 10.6 Å². The average molecular weight is 378 g/mol. The molecule has 0 radical (unpaired) electrons. The number of methoxy groups -OCH3 is 1. The Hall–Kier alpha value is -1.40. The van der Waals surface area contributed by atoms with Crippen LogP contribution in [-0.4, -0.2) is 13.0 Å². The van der Waals surface area contributed by atoms with Gasteiger partial charge >= 0.3 is 51.4 Å². The number of carbonyl (C=O) groups is 1. The summed E-state index contributed by atoms with van der Waals surface area (Å²) in [6.07, 6.45) is 0. The first-order chi connectivity index (χ1) is 11.5. The number of carbonyl (C=O) groups excluding carboxylic acids is 1. The predicted octanol–water partition coefficient (Wildman–Crippen LogP) is 0.340. The first kappa shape index (κ1) is 21.6. The van der Waals surface area contributed by atoms with Gasteiger partial charge < -0.3 is 28.0 Å². The second kappa shape index (κ2) is 10.6. The molecule has 0 aliphatic rings. The number of amides is 1. The van der Waals surface area contributed by atoms with E-state index < -0.39 is 5.91 Å². The van der Waals surface area contributed by atoms with Crippen molar-refractivity contribution in [3.63, 3.8) is 0 Å². The van der Waals surface area contributed by atoms with Crippen molar-refractivity contribution in [3.05, 3.63) is 64.7 Å². The molecule has 7 heteroatoms. The molecule has 0 saturated heterocycles. The maximum Gasteiger partial charge on any atom is 1.00 e. The van der Waals surface area contributed by atoms with E-state index in [0.717, 1.165) is 5.56 Å². The number of aryl methyl sites for hydroxylation is 1. The van der Waals surface area contributed by atoms with E-state index in [4.69, 9.17) is 17.4 Å². The minimum absolute atomic E-state index is 0. The zero-order chi connectivity index (χ0) is 17.5. The van der Waals surface area contributed by atoms with E-state index in [-0.39, 0.29) is 62.0 Å². The summed E-state index contributed by atoms with van der Waals surface area (Å²) in [4.78, 5) is 12.2. The van der Waals surface area contributed by atoms with Gasteiger partial charge in [0.1, 0.15) is 17.4 Å². The molecule has 0 saturated carbocycles. The minimum Gasteiger partial charge on any atom is -0.761 e. The molecule has 0 aliphatic carbocycles. The molecule has 0 fully saturated rings. The van der Waals surface area contributed by atoms with Crippen LogP contribution >= 0.6 is 0 Å². The van der Waals surface area contributed by atoms with Gasteiger partial charge in [-0.2, -0.15) is 5.26 Å². The van der Waals surface area contributed by atoms with Gasteiger partial charge in [-0.1, -0.05) is 22.7 Å². The normalized spacial score (nSPS) is 10.6. The molecule has 0 atom stereocenters. The van der Waals surface area contributed by atoms with Crippen LogP contribution < -0.4 is 66.8 Å². The topological polar surface area (TPSA) is 74.1 Å². The molecular weight excluding hydrogens is 361 g/mol. The number of nitrogens with zero attached hydrogens (tertiary/aromatic N) is 1. The molecule has 122 valence electrons. The van der Waals surface area contributed by atoms with Gasteiger partial charge in [0.15, 0.2) is 0 Å². The number of anilines is 2. The molecule has 2 N–H and O–H groups in total. The Kier molecular flexibility index (Phi) is 9.14. The predicted molar refractivity (Wildman–Crippen MR) is 96.4 cm³/mol. The van der Waals surface area contributed by atoms with Crippen molar-refractivity contribution in [3.8, 4) is 11.8 Å². The third-order valence-corrected chi connectivity index (χ3v) is 3.53. The SMILES string of the molecule is COc1ccc(N/C([S-])=C(/C#N)C(=O)Nc2ccc(C)cc2)cc1.[K+]. The summed E-state index contributed by atoms with van der Waals surface area (Å²) >= 11 is 5.17. The number of nitrogens with one attached hydrogen (secondary N) is 2. The number of nitriles is 1. The Morgan fingerprint density at radius 3 is 2.08 bits per heavy atom. The summed E-state index contributed by atoms with van der Waals surface area (Å²) in [6.45, 7) is 1.95. The number of hydrogen-bond donors (Lipinski definition) is 2. The van der Waals surface area contributed by atoms with Crippen LogP contribution in [0.2, 0.25) is 0 Å². The van der Waals surface area contributed by atoms with Gasteiger partial charge in [-0.3, -0.25) is 4.79 Å². The van der Waals surface area contributed by atoms with Gasteiger partial charge in [0.25, 0.3) is 5.91 Å². The van der Waals surface area contributed by atoms with E-state index in [9.17, 15) is 10.1 Å². The third-order valence-electron chi connectivity index (χ3n) is 3.22. The Labute approximate surface area is 195 Å². The van der Waals surface area contributed by atoms with Crippen molar-refractivity contribution in [2.24, 2.45) is 0 Å². The fourth-order valence-corrected chi connectivity index (χ4v) is 2.16. The molecule has 1 amide bonds. The molecule has 5 nitrogen and oxygen atoms in total. The van der Waals surface area contributed by atoms with E-state index in [1.54, 1.807) is 43.5 Å². The fraction of sp³-hybridized carbons (Fsp3) is 0.111. The van der Waals surface area contributed by atoms with Crippen molar-refractivity contribution >= 4 is 29.9 Å². The molecule has 0 heterocycles. The summed E-state index contributed by atoms with van der Waals surface area (Å²) in [5.41, 5.74) is 2.19. The first-order valence-electron chi connectivity index (χ1n) is 7.14. The maximum atomic E-state index is 12.2. The van der Waals surface area contributed by atoms with Crippen LogP contribution in [0, 0.1) is 18.3 Å². The molecule has 25 heavy (non-hydrogen) atoms. The average Bonchev–Trinajstić information content (AvgIpc) is 2.58. The van der Waals surface area contributed by atoms with Gasteiger partial charge in [-0.05, 0) is 43.3 Å². The Bertz CT molecular complexity index is 797. The third kappa shape index (κ3) is 6.43. The Morgan fingerprint density at radius 2 is 1.56 bits per heavy atom. The molecule has 0 aromatic heterocycles. The standard InChI is InChI=1S/C18H17N3O2S.K/c1-12-3-5-13(6-4-12)20-17(22)16(11-19)18(24)21-14-7-9-15(23-2)10-8-14;/h3-10,21,24H,1-2H3,(H,20,22);/q;+1/p-1/b18-16+;. The monoisotopic (exact) mass is 377 g/mol. The molecular formula is C18H16KN3O2S. The van der Waals surface area contributed by atoms with Crippen LogP contribution in [0.4, 0.5) is 11.4 Å². The molecule has 0 unspecified atom stereocenters.